The summed E-state index contributed by atoms with van der Waals surface area (Å²) in [7, 11) is 0. The lowest BCUT2D eigenvalue weighted by molar-refractivity contribution is -0.104. The van der Waals surface area contributed by atoms with Gasteiger partial charge >= 0.3 is 0 Å². The first kappa shape index (κ1) is 9.89. The summed E-state index contributed by atoms with van der Waals surface area (Å²) in [4.78, 5) is 10.2. The van der Waals surface area contributed by atoms with Crippen LogP contribution in [0.1, 0.15) is 27.2 Å². The average molecular weight is 205 g/mol. The summed E-state index contributed by atoms with van der Waals surface area (Å²) in [6, 6.07) is 0. The van der Waals surface area contributed by atoms with Crippen LogP contribution in [-0.2, 0) is 4.79 Å². The fourth-order valence-corrected chi connectivity index (χ4v) is 0.972. The van der Waals surface area contributed by atoms with Crippen LogP contribution in [-0.4, -0.2) is 6.29 Å². The van der Waals surface area contributed by atoms with Crippen molar-refractivity contribution >= 4 is 22.2 Å². The Morgan fingerprint density at radius 3 is 2.40 bits per heavy atom. The second kappa shape index (κ2) is 4.67. The molecular formula is C8H13BrO. The van der Waals surface area contributed by atoms with Crippen molar-refractivity contribution in [2.45, 2.75) is 27.2 Å². The molecular weight excluding hydrogens is 192 g/mol. The van der Waals surface area contributed by atoms with Crippen LogP contribution in [0.3, 0.4) is 0 Å². The van der Waals surface area contributed by atoms with Crippen LogP contribution < -0.4 is 0 Å². The standard InChI is InChI=1S/C8H13BrO/c1-6(2)4-7(3)8(9)5-10/h5-6H,4H2,1-3H3/b8-7+. The highest BCUT2D eigenvalue weighted by Crippen LogP contribution is 2.16. The number of hydrogen-bond acceptors (Lipinski definition) is 1. The lowest BCUT2D eigenvalue weighted by atomic mass is 10.0. The SMILES string of the molecule is C/C(CC(C)C)=C(\Br)C=O. The number of hydrogen-bond donors (Lipinski definition) is 0. The van der Waals surface area contributed by atoms with E-state index in [4.69, 9.17) is 0 Å². The largest absolute Gasteiger partial charge is 0.297 e. The maximum absolute atomic E-state index is 10.2. The van der Waals surface area contributed by atoms with Crippen molar-refractivity contribution in [2.75, 3.05) is 0 Å². The minimum Gasteiger partial charge on any atom is -0.297 e. The molecule has 0 saturated heterocycles. The van der Waals surface area contributed by atoms with Crippen LogP contribution in [0.4, 0.5) is 0 Å². The van der Waals surface area contributed by atoms with Gasteiger partial charge in [0.1, 0.15) is 0 Å². The zero-order valence-electron chi connectivity index (χ0n) is 6.65. The van der Waals surface area contributed by atoms with Crippen molar-refractivity contribution in [3.8, 4) is 0 Å². The quantitative estimate of drug-likeness (QED) is 0.511. The summed E-state index contributed by atoms with van der Waals surface area (Å²) in [6.45, 7) is 6.24. The van der Waals surface area contributed by atoms with E-state index in [9.17, 15) is 4.79 Å². The molecule has 0 bridgehead atoms. The number of halogens is 1. The Labute approximate surface area is 70.6 Å². The lowest BCUT2D eigenvalue weighted by Crippen LogP contribution is -1.90. The Morgan fingerprint density at radius 2 is 2.10 bits per heavy atom. The van der Waals surface area contributed by atoms with E-state index >= 15 is 0 Å². The average Bonchev–Trinajstić information content (AvgIpc) is 1.85. The van der Waals surface area contributed by atoms with Gasteiger partial charge in [0.25, 0.3) is 0 Å². The molecule has 2 heteroatoms. The van der Waals surface area contributed by atoms with Crippen LogP contribution >= 0.6 is 15.9 Å². The van der Waals surface area contributed by atoms with E-state index in [1.807, 2.05) is 6.92 Å². The highest BCUT2D eigenvalue weighted by molar-refractivity contribution is 9.12. The van der Waals surface area contributed by atoms with Crippen molar-refractivity contribution in [1.29, 1.82) is 0 Å². The van der Waals surface area contributed by atoms with E-state index in [1.54, 1.807) is 0 Å². The molecule has 0 N–H and O–H groups in total. The van der Waals surface area contributed by atoms with Gasteiger partial charge in [-0.05, 0) is 35.2 Å². The molecule has 0 aromatic rings. The molecule has 0 heterocycles. The van der Waals surface area contributed by atoms with Gasteiger partial charge in [-0.2, -0.15) is 0 Å². The van der Waals surface area contributed by atoms with Gasteiger partial charge in [0.2, 0.25) is 0 Å². The molecule has 0 aliphatic carbocycles. The third-order valence-electron chi connectivity index (χ3n) is 1.23. The Hall–Kier alpha value is -0.110. The number of allylic oxidation sites excluding steroid dienone is 2. The third kappa shape index (κ3) is 3.83. The predicted octanol–water partition coefficient (Wildman–Crippen LogP) is 2.90. The summed E-state index contributed by atoms with van der Waals surface area (Å²) in [6.07, 6.45) is 1.83. The second-order valence-electron chi connectivity index (χ2n) is 2.84. The highest BCUT2D eigenvalue weighted by Gasteiger charge is 1.99. The smallest absolute Gasteiger partial charge is 0.156 e. The third-order valence-corrected chi connectivity index (χ3v) is 2.09. The van der Waals surface area contributed by atoms with Gasteiger partial charge < -0.3 is 0 Å². The number of carbonyl (C=O) groups excluding carboxylic acids is 1. The minimum absolute atomic E-state index is 0.618. The lowest BCUT2D eigenvalue weighted by Gasteiger charge is -2.04. The normalized spacial score (nSPS) is 13.3. The topological polar surface area (TPSA) is 17.1 Å². The van der Waals surface area contributed by atoms with Gasteiger partial charge in [0.15, 0.2) is 6.29 Å². The van der Waals surface area contributed by atoms with Crippen LogP contribution in [0.15, 0.2) is 10.1 Å². The molecule has 0 aliphatic rings. The van der Waals surface area contributed by atoms with Crippen molar-refractivity contribution in [3.05, 3.63) is 10.1 Å². The fraction of sp³-hybridized carbons (Fsp3) is 0.625. The van der Waals surface area contributed by atoms with Crippen LogP contribution in [0.25, 0.3) is 0 Å². The molecule has 1 nitrogen and oxygen atoms in total. The summed E-state index contributed by atoms with van der Waals surface area (Å²) in [5.74, 6) is 0.618. The first-order chi connectivity index (χ1) is 4.57. The van der Waals surface area contributed by atoms with E-state index in [-0.39, 0.29) is 0 Å². The molecule has 0 rings (SSSR count). The maximum Gasteiger partial charge on any atom is 0.156 e. The van der Waals surface area contributed by atoms with Gasteiger partial charge in [-0.1, -0.05) is 19.4 Å². The van der Waals surface area contributed by atoms with Crippen LogP contribution in [0.5, 0.6) is 0 Å². The highest BCUT2D eigenvalue weighted by atomic mass is 79.9. The Morgan fingerprint density at radius 1 is 1.60 bits per heavy atom. The number of aldehydes is 1. The van der Waals surface area contributed by atoms with Gasteiger partial charge in [0, 0.05) is 0 Å². The molecule has 0 saturated carbocycles. The van der Waals surface area contributed by atoms with E-state index < -0.39 is 0 Å². The van der Waals surface area contributed by atoms with E-state index in [0.29, 0.717) is 10.4 Å². The molecule has 0 amide bonds. The number of rotatable bonds is 3. The van der Waals surface area contributed by atoms with E-state index in [2.05, 4.69) is 29.8 Å². The summed E-state index contributed by atoms with van der Waals surface area (Å²) in [5.41, 5.74) is 1.13. The second-order valence-corrected chi connectivity index (χ2v) is 3.70. The molecule has 0 aliphatic heterocycles. The first-order valence-electron chi connectivity index (χ1n) is 3.38. The summed E-state index contributed by atoms with van der Waals surface area (Å²) in [5, 5.41) is 0. The Kier molecular flexibility index (Phi) is 4.62. The van der Waals surface area contributed by atoms with Gasteiger partial charge in [-0.25, -0.2) is 0 Å². The van der Waals surface area contributed by atoms with Gasteiger partial charge in [0.05, 0.1) is 4.48 Å². The predicted molar refractivity (Wildman–Crippen MR) is 47.1 cm³/mol. The van der Waals surface area contributed by atoms with Crippen molar-refractivity contribution in [3.63, 3.8) is 0 Å². The van der Waals surface area contributed by atoms with Crippen LogP contribution in [0, 0.1) is 5.92 Å². The van der Waals surface area contributed by atoms with Crippen molar-refractivity contribution < 1.29 is 4.79 Å². The van der Waals surface area contributed by atoms with Crippen molar-refractivity contribution in [1.82, 2.24) is 0 Å². The van der Waals surface area contributed by atoms with E-state index in [1.165, 1.54) is 0 Å². The molecule has 58 valence electrons. The molecule has 0 unspecified atom stereocenters. The molecule has 0 aromatic carbocycles. The Balaban J connectivity index is 4.04. The van der Waals surface area contributed by atoms with Crippen molar-refractivity contribution in [2.24, 2.45) is 5.92 Å². The first-order valence-corrected chi connectivity index (χ1v) is 4.17. The maximum atomic E-state index is 10.2. The van der Waals surface area contributed by atoms with Crippen LogP contribution in [0.2, 0.25) is 0 Å². The van der Waals surface area contributed by atoms with Gasteiger partial charge in [-0.15, -0.1) is 0 Å². The van der Waals surface area contributed by atoms with Gasteiger partial charge in [-0.3, -0.25) is 4.79 Å². The summed E-state index contributed by atoms with van der Waals surface area (Å²) >= 11 is 3.18. The zero-order valence-corrected chi connectivity index (χ0v) is 8.23. The summed E-state index contributed by atoms with van der Waals surface area (Å²) < 4.78 is 0.696. The molecule has 10 heavy (non-hydrogen) atoms. The molecule has 0 radical (unpaired) electrons. The zero-order chi connectivity index (χ0) is 8.15. The Bertz CT molecular complexity index is 147. The molecule has 0 spiro atoms. The molecule has 0 aromatic heterocycles. The monoisotopic (exact) mass is 204 g/mol. The number of carbonyl (C=O) groups is 1. The molecule has 0 fully saturated rings. The molecule has 0 atom stereocenters. The fourth-order valence-electron chi connectivity index (χ4n) is 0.810. The minimum atomic E-state index is 0.618. The van der Waals surface area contributed by atoms with E-state index in [0.717, 1.165) is 18.3 Å².